The molecule has 2 atom stereocenters. The van der Waals surface area contributed by atoms with Crippen LogP contribution in [0.2, 0.25) is 0 Å². The molecule has 0 aliphatic heterocycles. The van der Waals surface area contributed by atoms with Crippen LogP contribution in [0.5, 0.6) is 0 Å². The van der Waals surface area contributed by atoms with Crippen molar-refractivity contribution in [1.82, 2.24) is 0 Å². The zero-order valence-electron chi connectivity index (χ0n) is 4.98. The summed E-state index contributed by atoms with van der Waals surface area (Å²) >= 11 is 5.19. The molecule has 0 aromatic rings. The Labute approximate surface area is 82.8 Å². The highest BCUT2D eigenvalue weighted by molar-refractivity contribution is 14.2. The zero-order chi connectivity index (χ0) is 6.48. The summed E-state index contributed by atoms with van der Waals surface area (Å²) in [6.07, 6.45) is 7.61. The lowest BCUT2D eigenvalue weighted by molar-refractivity contribution is 0.692. The van der Waals surface area contributed by atoms with E-state index in [1.807, 2.05) is 0 Å². The minimum absolute atomic E-state index is 0.564. The van der Waals surface area contributed by atoms with Gasteiger partial charge in [0.25, 0.3) is 0 Å². The second kappa shape index (κ2) is 2.09. The molecule has 1 fully saturated rings. The number of allylic oxidation sites excluding steroid dienone is 2. The van der Waals surface area contributed by atoms with Crippen molar-refractivity contribution in [2.45, 2.75) is 14.3 Å². The largest absolute Gasteiger partial charge is 0.0850 e. The van der Waals surface area contributed by atoms with Gasteiger partial charge in [-0.2, -0.15) is 0 Å². The lowest BCUT2D eigenvalue weighted by Gasteiger charge is -2.21. The predicted octanol–water partition coefficient (Wildman–Crippen LogP) is 3.15. The fourth-order valence-electron chi connectivity index (χ4n) is 1.74. The Hall–Kier alpha value is 1.20. The first-order valence-electron chi connectivity index (χ1n) is 3.24. The summed E-state index contributed by atoms with van der Waals surface area (Å²) in [7, 11) is 0. The maximum Gasteiger partial charge on any atom is 0.0802 e. The van der Waals surface area contributed by atoms with E-state index in [1.165, 1.54) is 12.8 Å². The number of alkyl halides is 2. The van der Waals surface area contributed by atoms with E-state index >= 15 is 0 Å². The highest BCUT2D eigenvalue weighted by Gasteiger charge is 2.44. The third kappa shape index (κ3) is 1.06. The molecule has 2 heteroatoms. The molecule has 9 heavy (non-hydrogen) atoms. The Morgan fingerprint density at radius 2 is 2.11 bits per heavy atom. The van der Waals surface area contributed by atoms with Gasteiger partial charge in [-0.15, -0.1) is 0 Å². The van der Waals surface area contributed by atoms with Crippen LogP contribution in [0.25, 0.3) is 0 Å². The summed E-state index contributed by atoms with van der Waals surface area (Å²) in [6.45, 7) is 0. The first-order chi connectivity index (χ1) is 4.18. The first kappa shape index (κ1) is 6.88. The second-order valence-electron chi connectivity index (χ2n) is 2.95. The molecule has 2 aliphatic rings. The van der Waals surface area contributed by atoms with Crippen molar-refractivity contribution in [2.75, 3.05) is 0 Å². The number of halogens is 2. The Morgan fingerprint density at radius 3 is 2.33 bits per heavy atom. The molecule has 0 radical (unpaired) electrons. The van der Waals surface area contributed by atoms with Gasteiger partial charge in [0.1, 0.15) is 0 Å². The summed E-state index contributed by atoms with van der Waals surface area (Å²) in [4.78, 5) is 0. The molecule has 2 bridgehead atoms. The minimum Gasteiger partial charge on any atom is -0.0850 e. The van der Waals surface area contributed by atoms with Crippen molar-refractivity contribution in [1.29, 1.82) is 0 Å². The Bertz CT molecular complexity index is 160. The molecule has 2 unspecified atom stereocenters. The molecule has 0 heterocycles. The van der Waals surface area contributed by atoms with Crippen LogP contribution in [0.4, 0.5) is 0 Å². The van der Waals surface area contributed by atoms with Crippen LogP contribution in [0, 0.1) is 11.8 Å². The lowest BCUT2D eigenvalue weighted by Crippen LogP contribution is -2.16. The van der Waals surface area contributed by atoms with E-state index in [1.54, 1.807) is 0 Å². The summed E-state index contributed by atoms with van der Waals surface area (Å²) in [5.74, 6) is 1.80. The third-order valence-electron chi connectivity index (χ3n) is 2.25. The smallest absolute Gasteiger partial charge is 0.0802 e. The molecule has 0 aromatic carbocycles. The molecule has 0 saturated heterocycles. The van der Waals surface area contributed by atoms with Crippen molar-refractivity contribution in [3.63, 3.8) is 0 Å². The first-order valence-corrected chi connectivity index (χ1v) is 5.40. The monoisotopic (exact) mass is 346 g/mol. The van der Waals surface area contributed by atoms with E-state index in [0.717, 1.165) is 11.8 Å². The van der Waals surface area contributed by atoms with Crippen LogP contribution in [0.1, 0.15) is 12.8 Å². The van der Waals surface area contributed by atoms with E-state index in [0.29, 0.717) is 1.43 Å². The number of rotatable bonds is 0. The van der Waals surface area contributed by atoms with Crippen molar-refractivity contribution >= 4 is 45.2 Å². The van der Waals surface area contributed by atoms with Crippen LogP contribution in [0.15, 0.2) is 12.2 Å². The summed E-state index contributed by atoms with van der Waals surface area (Å²) < 4.78 is 0.564. The number of hydrogen-bond acceptors (Lipinski definition) is 0. The van der Waals surface area contributed by atoms with Gasteiger partial charge in [0, 0.05) is 5.92 Å². The van der Waals surface area contributed by atoms with Crippen molar-refractivity contribution in [2.24, 2.45) is 11.8 Å². The van der Waals surface area contributed by atoms with Crippen molar-refractivity contribution < 1.29 is 0 Å². The SMILES string of the molecule is IC1(I)CC2C=CC1C2. The predicted molar refractivity (Wildman–Crippen MR) is 56.1 cm³/mol. The topological polar surface area (TPSA) is 0 Å². The van der Waals surface area contributed by atoms with Crippen molar-refractivity contribution in [3.8, 4) is 0 Å². The summed E-state index contributed by atoms with van der Waals surface area (Å²) in [5.41, 5.74) is 0. The molecule has 2 rings (SSSR count). The maximum absolute atomic E-state index is 2.59. The number of hydrogen-bond donors (Lipinski definition) is 0. The molecular formula is C7H8I2. The zero-order valence-corrected chi connectivity index (χ0v) is 9.29. The quantitative estimate of drug-likeness (QED) is 0.359. The van der Waals surface area contributed by atoms with Crippen molar-refractivity contribution in [3.05, 3.63) is 12.2 Å². The average Bonchev–Trinajstić information content (AvgIpc) is 2.19. The summed E-state index contributed by atoms with van der Waals surface area (Å²) in [6, 6.07) is 0. The third-order valence-corrected chi connectivity index (χ3v) is 4.73. The summed E-state index contributed by atoms with van der Waals surface area (Å²) in [5, 5.41) is 0. The second-order valence-corrected chi connectivity index (χ2v) is 8.87. The molecule has 0 N–H and O–H groups in total. The average molecular weight is 346 g/mol. The van der Waals surface area contributed by atoms with Gasteiger partial charge in [-0.3, -0.25) is 0 Å². The molecular weight excluding hydrogens is 338 g/mol. The van der Waals surface area contributed by atoms with E-state index < -0.39 is 0 Å². The van der Waals surface area contributed by atoms with Gasteiger partial charge in [0.05, 0.1) is 1.43 Å². The normalized spacial score (nSPS) is 44.2. The van der Waals surface area contributed by atoms with Crippen LogP contribution in [0.3, 0.4) is 0 Å². The number of fused-ring (bicyclic) bond motifs is 2. The van der Waals surface area contributed by atoms with Gasteiger partial charge in [0.15, 0.2) is 0 Å². The van der Waals surface area contributed by atoms with E-state index in [9.17, 15) is 0 Å². The molecule has 1 saturated carbocycles. The van der Waals surface area contributed by atoms with Gasteiger partial charge in [-0.25, -0.2) is 0 Å². The Kier molecular flexibility index (Phi) is 1.60. The molecule has 0 spiro atoms. The highest BCUT2D eigenvalue weighted by Crippen LogP contribution is 2.55. The minimum atomic E-state index is 0.564. The van der Waals surface area contributed by atoms with E-state index in [4.69, 9.17) is 0 Å². The van der Waals surface area contributed by atoms with Gasteiger partial charge in [-0.05, 0) is 18.8 Å². The van der Waals surface area contributed by atoms with E-state index in [-0.39, 0.29) is 0 Å². The van der Waals surface area contributed by atoms with Gasteiger partial charge >= 0.3 is 0 Å². The molecule has 0 amide bonds. The highest BCUT2D eigenvalue weighted by atomic mass is 127. The van der Waals surface area contributed by atoms with E-state index in [2.05, 4.69) is 57.3 Å². The Morgan fingerprint density at radius 1 is 1.33 bits per heavy atom. The fourth-order valence-corrected chi connectivity index (χ4v) is 3.80. The molecule has 50 valence electrons. The van der Waals surface area contributed by atoms with Gasteiger partial charge in [-0.1, -0.05) is 57.3 Å². The standard InChI is InChI=1S/C7H8I2/c8-7(9)4-5-1-2-6(7)3-5/h1-2,5-6H,3-4H2. The van der Waals surface area contributed by atoms with Gasteiger partial charge < -0.3 is 0 Å². The molecule has 0 aromatic heterocycles. The van der Waals surface area contributed by atoms with Crippen LogP contribution in [-0.2, 0) is 0 Å². The van der Waals surface area contributed by atoms with Crippen LogP contribution in [-0.4, -0.2) is 1.43 Å². The van der Waals surface area contributed by atoms with Crippen LogP contribution >= 0.6 is 45.2 Å². The maximum atomic E-state index is 2.59. The van der Waals surface area contributed by atoms with Crippen LogP contribution < -0.4 is 0 Å². The lowest BCUT2D eigenvalue weighted by atomic mass is 10.1. The van der Waals surface area contributed by atoms with Gasteiger partial charge in [0.2, 0.25) is 0 Å². The fraction of sp³-hybridized carbons (Fsp3) is 0.714. The molecule has 0 nitrogen and oxygen atoms in total. The Balaban J connectivity index is 2.29. The molecule has 2 aliphatic carbocycles.